The summed E-state index contributed by atoms with van der Waals surface area (Å²) < 4.78 is 35.3. The fourth-order valence-electron chi connectivity index (χ4n) is 9.52. The second-order valence-corrected chi connectivity index (χ2v) is 16.1. The molecule has 294 valence electrons. The van der Waals surface area contributed by atoms with Crippen molar-refractivity contribution in [1.29, 1.82) is 5.26 Å². The van der Waals surface area contributed by atoms with E-state index in [1.165, 1.54) is 31.9 Å². The van der Waals surface area contributed by atoms with Gasteiger partial charge in [-0.25, -0.2) is 9.59 Å². The summed E-state index contributed by atoms with van der Waals surface area (Å²) in [6.45, 7) is 4.54. The third kappa shape index (κ3) is 5.54. The summed E-state index contributed by atoms with van der Waals surface area (Å²) in [5, 5.41) is 25.6. The van der Waals surface area contributed by atoms with Crippen LogP contribution in [0.4, 0.5) is 0 Å². The Kier molecular flexibility index (Phi) is 8.87. The number of nitrogens with one attached hydrogen (secondary N) is 1. The molecule has 57 heavy (non-hydrogen) atoms. The summed E-state index contributed by atoms with van der Waals surface area (Å²) in [7, 11) is 3.43. The molecule has 2 fully saturated rings. The molecule has 0 radical (unpaired) electrons. The Bertz CT molecular complexity index is 2520. The molecule has 0 aliphatic carbocycles. The maximum atomic E-state index is 14.0. The number of aromatic hydroxyl groups is 1. The molecule has 2 N–H and O–H groups in total. The molecule has 0 spiro atoms. The third-order valence-electron chi connectivity index (χ3n) is 11.9. The predicted octanol–water partition coefficient (Wildman–Crippen LogP) is 4.14. The Morgan fingerprint density at radius 2 is 1.82 bits per heavy atom. The lowest BCUT2D eigenvalue weighted by Gasteiger charge is -2.61. The van der Waals surface area contributed by atoms with Crippen LogP contribution in [0.1, 0.15) is 68.0 Å². The number of rotatable bonds is 4. The van der Waals surface area contributed by atoms with Crippen LogP contribution in [0.3, 0.4) is 0 Å². The number of hydrogen-bond donors (Lipinski definition) is 2. The van der Waals surface area contributed by atoms with E-state index in [4.69, 9.17) is 28.1 Å². The first-order valence-electron chi connectivity index (χ1n) is 18.5. The minimum Gasteiger partial charge on any atom is -0.504 e. The number of carbonyl (C=O) groups excluding carboxylic acids is 3. The minimum atomic E-state index is -1.24. The van der Waals surface area contributed by atoms with Gasteiger partial charge in [0.1, 0.15) is 35.6 Å². The summed E-state index contributed by atoms with van der Waals surface area (Å²) in [5.41, 5.74) is 3.12. The molecule has 4 aromatic rings. The van der Waals surface area contributed by atoms with Crippen molar-refractivity contribution in [3.8, 4) is 34.8 Å². The molecule has 16 heteroatoms. The van der Waals surface area contributed by atoms with Gasteiger partial charge in [-0.3, -0.25) is 19.4 Å². The fraction of sp³-hybridized carbons (Fsp3) is 0.390. The van der Waals surface area contributed by atoms with Gasteiger partial charge in [-0.2, -0.15) is 5.26 Å². The number of nitriles is 1. The van der Waals surface area contributed by atoms with Gasteiger partial charge in [0.25, 0.3) is 5.91 Å². The van der Waals surface area contributed by atoms with Crippen LogP contribution in [0.5, 0.6) is 28.7 Å². The molecule has 4 bridgehead atoms. The van der Waals surface area contributed by atoms with E-state index in [0.717, 1.165) is 11.1 Å². The molecule has 2 unspecified atom stereocenters. The van der Waals surface area contributed by atoms with Crippen LogP contribution in [0.2, 0.25) is 0 Å². The van der Waals surface area contributed by atoms with Crippen LogP contribution in [0.25, 0.3) is 11.0 Å². The SMILES string of the molecule is COc1c(C)cc2c(c1O)[C@@H]1C3[C@@H]4SCC(NC(=O)c5cc6ccccc6oc5=O)C(=O)OC[C@@H](c5c6c(c(C)c(OC(C)=O)c54)OCO6)N3[C@@H](C#N)[C@H](C2)N1C. The number of amides is 1. The number of benzene rings is 3. The topological polar surface area (TPSA) is 190 Å². The standard InChI is InChI=1S/C41H38N4O11S/c1-17-10-21-12-24-25(13-42)45-26-14-52-41(50)23(43-39(48)22-11-20-8-6-7-9-27(20)56-40(22)49)15-57-38(32(45)31(44(24)4)28(21)33(47)34(17)51-5)30-29(26)37-36(53-16-54-37)18(2)35(30)55-19(3)46/h6-11,23-26,31-32,38,47H,12,14-16H2,1-5H3,(H,43,48)/t23?,24-,25-,26-,31+,32?,38+/m0/s1. The summed E-state index contributed by atoms with van der Waals surface area (Å²) >= 11 is 1.29. The van der Waals surface area contributed by atoms with Crippen LogP contribution in [0.15, 0.2) is 45.6 Å². The maximum Gasteiger partial charge on any atom is 0.349 e. The monoisotopic (exact) mass is 794 g/mol. The lowest BCUT2D eigenvalue weighted by Crippen LogP contribution is -2.69. The second kappa shape index (κ2) is 13.7. The molecule has 6 aliphatic heterocycles. The zero-order chi connectivity index (χ0) is 40.0. The number of methoxy groups -OCH3 is 1. The van der Waals surface area contributed by atoms with Gasteiger partial charge in [0.05, 0.1) is 30.5 Å². The van der Waals surface area contributed by atoms with Crippen molar-refractivity contribution >= 4 is 40.6 Å². The second-order valence-electron chi connectivity index (χ2n) is 14.9. The Balaban J connectivity index is 1.23. The first-order chi connectivity index (χ1) is 27.4. The molecule has 15 nitrogen and oxygen atoms in total. The van der Waals surface area contributed by atoms with Crippen LogP contribution in [-0.2, 0) is 20.7 Å². The molecule has 7 atom stereocenters. The van der Waals surface area contributed by atoms with Gasteiger partial charge >= 0.3 is 17.6 Å². The first kappa shape index (κ1) is 36.9. The van der Waals surface area contributed by atoms with Crippen molar-refractivity contribution in [1.82, 2.24) is 15.1 Å². The number of nitrogens with zero attached hydrogens (tertiary/aromatic N) is 3. The van der Waals surface area contributed by atoms with Crippen LogP contribution >= 0.6 is 11.8 Å². The number of thioether (sulfide) groups is 1. The fourth-order valence-corrected chi connectivity index (χ4v) is 11.0. The summed E-state index contributed by atoms with van der Waals surface area (Å²) in [4.78, 5) is 57.8. The molecule has 1 amide bonds. The number of hydrogen-bond acceptors (Lipinski definition) is 15. The van der Waals surface area contributed by atoms with E-state index in [-0.39, 0.29) is 42.3 Å². The number of ether oxygens (including phenoxy) is 5. The van der Waals surface area contributed by atoms with E-state index in [0.29, 0.717) is 56.9 Å². The molecule has 10 rings (SSSR count). The van der Waals surface area contributed by atoms with Crippen LogP contribution < -0.4 is 29.9 Å². The maximum absolute atomic E-state index is 14.0. The van der Waals surface area contributed by atoms with Gasteiger partial charge in [0.15, 0.2) is 23.0 Å². The minimum absolute atomic E-state index is 0.00999. The Labute approximate surface area is 330 Å². The summed E-state index contributed by atoms with van der Waals surface area (Å²) in [5.74, 6) is -0.849. The number of likely N-dealkylation sites (N-methyl/N-ethyl adjacent to an activating group) is 1. The quantitative estimate of drug-likeness (QED) is 0.170. The van der Waals surface area contributed by atoms with Crippen molar-refractivity contribution in [2.24, 2.45) is 0 Å². The Hall–Kier alpha value is -5.76. The van der Waals surface area contributed by atoms with E-state index in [9.17, 15) is 29.5 Å². The number of para-hydroxylation sites is 1. The van der Waals surface area contributed by atoms with E-state index < -0.39 is 58.9 Å². The van der Waals surface area contributed by atoms with E-state index in [1.54, 1.807) is 31.2 Å². The average Bonchev–Trinajstić information content (AvgIpc) is 3.67. The molecule has 6 aliphatic rings. The van der Waals surface area contributed by atoms with Crippen molar-refractivity contribution in [2.75, 3.05) is 33.3 Å². The molecule has 0 saturated carbocycles. The molecule has 7 heterocycles. The highest BCUT2D eigenvalue weighted by Crippen LogP contribution is 2.64. The normalized spacial score (nSPS) is 26.0. The average molecular weight is 795 g/mol. The van der Waals surface area contributed by atoms with Gasteiger partial charge in [-0.05, 0) is 50.6 Å². The molecular formula is C41H38N4O11S. The van der Waals surface area contributed by atoms with E-state index >= 15 is 0 Å². The number of phenolic OH excluding ortho intramolecular Hbond substituents is 1. The highest BCUT2D eigenvalue weighted by Gasteiger charge is 2.60. The third-order valence-corrected chi connectivity index (χ3v) is 13.2. The number of aryl methyl sites for hydroxylation is 1. The summed E-state index contributed by atoms with van der Waals surface area (Å²) in [6.07, 6.45) is 0.445. The number of piperazine rings is 1. The van der Waals surface area contributed by atoms with Gasteiger partial charge in [0.2, 0.25) is 6.79 Å². The van der Waals surface area contributed by atoms with Crippen LogP contribution in [0, 0.1) is 25.2 Å². The number of fused-ring (bicyclic) bond motifs is 11. The van der Waals surface area contributed by atoms with Crippen molar-refractivity contribution in [3.63, 3.8) is 0 Å². The van der Waals surface area contributed by atoms with Gasteiger partial charge in [-0.15, -0.1) is 11.8 Å². The van der Waals surface area contributed by atoms with Crippen molar-refractivity contribution in [2.45, 2.75) is 68.7 Å². The van der Waals surface area contributed by atoms with E-state index in [1.807, 2.05) is 20.0 Å². The van der Waals surface area contributed by atoms with Gasteiger partial charge in [0, 0.05) is 52.4 Å². The molecule has 2 saturated heterocycles. The largest absolute Gasteiger partial charge is 0.504 e. The van der Waals surface area contributed by atoms with Gasteiger partial charge in [-0.1, -0.05) is 24.3 Å². The molecular weight excluding hydrogens is 757 g/mol. The number of phenols is 1. The van der Waals surface area contributed by atoms with Crippen molar-refractivity contribution in [3.05, 3.63) is 85.8 Å². The van der Waals surface area contributed by atoms with Crippen LogP contribution in [-0.4, -0.2) is 90.2 Å². The van der Waals surface area contributed by atoms with Crippen molar-refractivity contribution < 1.29 is 47.6 Å². The summed E-state index contributed by atoms with van der Waals surface area (Å²) in [6, 6.07) is 8.43. The predicted molar refractivity (Wildman–Crippen MR) is 204 cm³/mol. The molecule has 1 aromatic heterocycles. The Morgan fingerprint density at radius 1 is 1.05 bits per heavy atom. The Morgan fingerprint density at radius 3 is 2.58 bits per heavy atom. The lowest BCUT2D eigenvalue weighted by atomic mass is 9.71. The highest BCUT2D eigenvalue weighted by molar-refractivity contribution is 7.99. The van der Waals surface area contributed by atoms with E-state index in [2.05, 4.69) is 21.2 Å². The number of esters is 2. The smallest absolute Gasteiger partial charge is 0.349 e. The first-order valence-corrected chi connectivity index (χ1v) is 19.5. The lowest BCUT2D eigenvalue weighted by molar-refractivity contribution is -0.151. The number of carbonyl (C=O) groups is 3. The highest BCUT2D eigenvalue weighted by atomic mass is 32.2. The zero-order valence-corrected chi connectivity index (χ0v) is 32.4. The van der Waals surface area contributed by atoms with Gasteiger partial charge < -0.3 is 38.5 Å². The zero-order valence-electron chi connectivity index (χ0n) is 31.6. The molecule has 3 aromatic carbocycles.